The maximum atomic E-state index is 6.04. The van der Waals surface area contributed by atoms with Crippen LogP contribution in [0.2, 0.25) is 5.02 Å². The summed E-state index contributed by atoms with van der Waals surface area (Å²) in [6.07, 6.45) is 7.33. The van der Waals surface area contributed by atoms with Gasteiger partial charge in [0.05, 0.1) is 12.4 Å². The molecule has 0 bridgehead atoms. The van der Waals surface area contributed by atoms with E-state index in [1.54, 1.807) is 12.4 Å². The molecule has 7 nitrogen and oxygen atoms in total. The third-order valence-corrected chi connectivity index (χ3v) is 5.67. The first-order valence-corrected chi connectivity index (χ1v) is 10.7. The zero-order valence-corrected chi connectivity index (χ0v) is 17.8. The summed E-state index contributed by atoms with van der Waals surface area (Å²) in [5.41, 5.74) is 3.17. The smallest absolute Gasteiger partial charge is 0.234 e. The number of H-pyrrole nitrogens is 1. The maximum absolute atomic E-state index is 6.04. The Morgan fingerprint density at radius 2 is 1.90 bits per heavy atom. The van der Waals surface area contributed by atoms with E-state index in [-0.39, 0.29) is 0 Å². The average Bonchev–Trinajstić information content (AvgIpc) is 3.26. The van der Waals surface area contributed by atoms with E-state index in [2.05, 4.69) is 41.9 Å². The number of pyridine rings is 1. The molecule has 1 N–H and O–H groups in total. The molecule has 4 heterocycles. The molecule has 3 aromatic heterocycles. The molecule has 1 aliphatic rings. The topological polar surface area (TPSA) is 70.2 Å². The first kappa shape index (κ1) is 19.8. The van der Waals surface area contributed by atoms with Gasteiger partial charge in [-0.25, -0.2) is 4.98 Å². The Bertz CT molecular complexity index is 1170. The summed E-state index contributed by atoms with van der Waals surface area (Å²) in [5.74, 6) is 1.37. The van der Waals surface area contributed by atoms with Crippen molar-refractivity contribution in [2.75, 3.05) is 31.1 Å². The predicted molar refractivity (Wildman–Crippen MR) is 121 cm³/mol. The Balaban J connectivity index is 1.17. The fourth-order valence-corrected chi connectivity index (χ4v) is 4.02. The minimum Gasteiger partial charge on any atom is -0.472 e. The molecular formula is C23H23ClN6O. The molecular weight excluding hydrogens is 412 g/mol. The number of benzene rings is 1. The Morgan fingerprint density at radius 3 is 2.77 bits per heavy atom. The lowest BCUT2D eigenvalue weighted by molar-refractivity contribution is 0.248. The lowest BCUT2D eigenvalue weighted by Gasteiger charge is -2.35. The van der Waals surface area contributed by atoms with E-state index in [0.717, 1.165) is 55.1 Å². The van der Waals surface area contributed by atoms with Crippen LogP contribution < -0.4 is 9.64 Å². The summed E-state index contributed by atoms with van der Waals surface area (Å²) in [5, 5.41) is 1.85. The molecule has 0 spiro atoms. The second kappa shape index (κ2) is 8.91. The van der Waals surface area contributed by atoms with Crippen molar-refractivity contribution in [2.24, 2.45) is 0 Å². The van der Waals surface area contributed by atoms with Gasteiger partial charge in [-0.15, -0.1) is 0 Å². The highest BCUT2D eigenvalue weighted by molar-refractivity contribution is 6.30. The number of nitrogens with one attached hydrogen (secondary N) is 1. The van der Waals surface area contributed by atoms with Crippen molar-refractivity contribution in [1.29, 1.82) is 0 Å². The quantitative estimate of drug-likeness (QED) is 0.496. The Morgan fingerprint density at radius 1 is 1.00 bits per heavy atom. The summed E-state index contributed by atoms with van der Waals surface area (Å²) in [6, 6.07) is 11.9. The largest absolute Gasteiger partial charge is 0.472 e. The van der Waals surface area contributed by atoms with E-state index < -0.39 is 0 Å². The Labute approximate surface area is 185 Å². The number of anilines is 1. The molecule has 5 rings (SSSR count). The Hall–Kier alpha value is -3.16. The fraction of sp³-hybridized carbons (Fsp3) is 0.261. The number of ether oxygens (including phenoxy) is 1. The molecule has 1 saturated heterocycles. The molecule has 1 fully saturated rings. The van der Waals surface area contributed by atoms with E-state index in [9.17, 15) is 0 Å². The maximum Gasteiger partial charge on any atom is 0.234 e. The van der Waals surface area contributed by atoms with Gasteiger partial charge in [-0.2, -0.15) is 4.98 Å². The highest BCUT2D eigenvalue weighted by Crippen LogP contribution is 2.19. The molecule has 0 unspecified atom stereocenters. The van der Waals surface area contributed by atoms with Crippen molar-refractivity contribution >= 4 is 28.5 Å². The van der Waals surface area contributed by atoms with Crippen LogP contribution in [-0.4, -0.2) is 51.0 Å². The second-order valence-electron chi connectivity index (χ2n) is 7.66. The summed E-state index contributed by atoms with van der Waals surface area (Å²) in [4.78, 5) is 21.3. The highest BCUT2D eigenvalue weighted by Gasteiger charge is 2.19. The van der Waals surface area contributed by atoms with Crippen LogP contribution in [0.3, 0.4) is 0 Å². The average molecular weight is 435 g/mol. The molecule has 1 aromatic carbocycles. The number of nitrogens with zero attached hydrogens (tertiary/aromatic N) is 5. The lowest BCUT2D eigenvalue weighted by Crippen LogP contribution is -2.46. The van der Waals surface area contributed by atoms with E-state index in [1.807, 2.05) is 36.7 Å². The molecule has 4 aromatic rings. The van der Waals surface area contributed by atoms with Crippen LogP contribution in [-0.2, 0) is 13.2 Å². The van der Waals surface area contributed by atoms with Gasteiger partial charge in [-0.3, -0.25) is 9.88 Å². The number of halogens is 1. The van der Waals surface area contributed by atoms with Gasteiger partial charge in [0, 0.05) is 55.5 Å². The van der Waals surface area contributed by atoms with Crippen molar-refractivity contribution in [2.45, 2.75) is 13.2 Å². The number of aromatic nitrogens is 4. The summed E-state index contributed by atoms with van der Waals surface area (Å²) >= 11 is 6.04. The number of hydrogen-bond donors (Lipinski definition) is 1. The van der Waals surface area contributed by atoms with Crippen LogP contribution in [0.25, 0.3) is 11.0 Å². The van der Waals surface area contributed by atoms with Crippen LogP contribution in [0, 0.1) is 0 Å². The van der Waals surface area contributed by atoms with E-state index in [0.29, 0.717) is 17.5 Å². The van der Waals surface area contributed by atoms with Crippen molar-refractivity contribution in [3.05, 3.63) is 77.3 Å². The highest BCUT2D eigenvalue weighted by atomic mass is 35.5. The molecule has 0 amide bonds. The standard InChI is InChI=1S/C23H23ClN6O/c24-20-3-1-2-17(11-20)16-31-22-14-25-13-21(28-22)30-8-6-29(7-9-30)15-18-10-19-4-5-26-23(19)27-12-18/h1-5,10-14H,6-9,15-16H2,(H,26,27). The number of aromatic amines is 1. The zero-order chi connectivity index (χ0) is 21.0. The lowest BCUT2D eigenvalue weighted by atomic mass is 10.2. The molecule has 158 valence electrons. The van der Waals surface area contributed by atoms with Gasteiger partial charge >= 0.3 is 0 Å². The molecule has 0 radical (unpaired) electrons. The minimum atomic E-state index is 0.409. The molecule has 31 heavy (non-hydrogen) atoms. The zero-order valence-electron chi connectivity index (χ0n) is 17.0. The third kappa shape index (κ3) is 4.78. The normalized spacial score (nSPS) is 14.8. The summed E-state index contributed by atoms with van der Waals surface area (Å²) < 4.78 is 5.83. The SMILES string of the molecule is Clc1cccc(COc2cncc(N3CCN(Cc4cnc5[nH]ccc5c4)CC3)n2)c1. The van der Waals surface area contributed by atoms with E-state index in [4.69, 9.17) is 16.3 Å². The van der Waals surface area contributed by atoms with Crippen molar-refractivity contribution in [3.8, 4) is 5.88 Å². The third-order valence-electron chi connectivity index (χ3n) is 5.43. The second-order valence-corrected chi connectivity index (χ2v) is 8.09. The number of fused-ring (bicyclic) bond motifs is 1. The fourth-order valence-electron chi connectivity index (χ4n) is 3.81. The van der Waals surface area contributed by atoms with E-state index in [1.165, 1.54) is 5.56 Å². The number of piperazine rings is 1. The minimum absolute atomic E-state index is 0.409. The monoisotopic (exact) mass is 434 g/mol. The number of hydrogen-bond acceptors (Lipinski definition) is 6. The van der Waals surface area contributed by atoms with Crippen molar-refractivity contribution < 1.29 is 4.74 Å². The van der Waals surface area contributed by atoms with Crippen LogP contribution in [0.1, 0.15) is 11.1 Å². The molecule has 1 aliphatic heterocycles. The van der Waals surface area contributed by atoms with Crippen LogP contribution in [0.5, 0.6) is 5.88 Å². The number of rotatable bonds is 6. The van der Waals surface area contributed by atoms with Crippen molar-refractivity contribution in [1.82, 2.24) is 24.8 Å². The molecule has 8 heteroatoms. The summed E-state index contributed by atoms with van der Waals surface area (Å²) in [7, 11) is 0. The van der Waals surface area contributed by atoms with Crippen LogP contribution in [0.15, 0.2) is 61.2 Å². The van der Waals surface area contributed by atoms with Crippen molar-refractivity contribution in [3.63, 3.8) is 0 Å². The molecule has 0 aliphatic carbocycles. The van der Waals surface area contributed by atoms with Gasteiger partial charge in [0.25, 0.3) is 0 Å². The van der Waals surface area contributed by atoms with Gasteiger partial charge in [-0.1, -0.05) is 23.7 Å². The Kier molecular flexibility index (Phi) is 5.69. The molecule has 0 atom stereocenters. The summed E-state index contributed by atoms with van der Waals surface area (Å²) in [6.45, 7) is 5.02. The predicted octanol–water partition coefficient (Wildman–Crippen LogP) is 3.91. The van der Waals surface area contributed by atoms with Crippen LogP contribution in [0.4, 0.5) is 5.82 Å². The van der Waals surface area contributed by atoms with Crippen LogP contribution >= 0.6 is 11.6 Å². The van der Waals surface area contributed by atoms with Gasteiger partial charge in [0.15, 0.2) is 5.82 Å². The first-order chi connectivity index (χ1) is 15.2. The van der Waals surface area contributed by atoms with Gasteiger partial charge in [-0.05, 0) is 35.4 Å². The van der Waals surface area contributed by atoms with Gasteiger partial charge in [0.2, 0.25) is 5.88 Å². The van der Waals surface area contributed by atoms with E-state index >= 15 is 0 Å². The molecule has 0 saturated carbocycles. The van der Waals surface area contributed by atoms with Gasteiger partial charge < -0.3 is 14.6 Å². The first-order valence-electron chi connectivity index (χ1n) is 10.3. The van der Waals surface area contributed by atoms with Gasteiger partial charge in [0.1, 0.15) is 12.3 Å².